The number of amides is 1. The van der Waals surface area contributed by atoms with Gasteiger partial charge in [0.1, 0.15) is 0 Å². The Hall–Kier alpha value is -2.01. The fraction of sp³-hybridized carbons (Fsp3) is 0.357. The number of hydrogen-bond acceptors (Lipinski definition) is 3. The number of anilines is 1. The topological polar surface area (TPSA) is 91.1 Å². The van der Waals surface area contributed by atoms with Crippen molar-refractivity contribution in [3.8, 4) is 0 Å². The summed E-state index contributed by atoms with van der Waals surface area (Å²) in [4.78, 5) is 15.3. The van der Waals surface area contributed by atoms with E-state index in [2.05, 4.69) is 10.3 Å². The summed E-state index contributed by atoms with van der Waals surface area (Å²) in [6.07, 6.45) is 1.00. The van der Waals surface area contributed by atoms with E-state index in [1.807, 2.05) is 6.07 Å². The fourth-order valence-corrected chi connectivity index (χ4v) is 1.79. The summed E-state index contributed by atoms with van der Waals surface area (Å²) < 4.78 is 0. The molecular formula is C14H19N3O2. The first-order valence-corrected chi connectivity index (χ1v) is 6.18. The maximum Gasteiger partial charge on any atom is 0.253 e. The molecule has 0 bridgehead atoms. The monoisotopic (exact) mass is 261 g/mol. The number of H-pyrrole nitrogens is 1. The van der Waals surface area contributed by atoms with E-state index in [0.29, 0.717) is 11.3 Å². The molecule has 0 aliphatic heterocycles. The van der Waals surface area contributed by atoms with Crippen molar-refractivity contribution in [1.29, 1.82) is 0 Å². The number of hydrogen-bond donors (Lipinski definition) is 4. The maximum absolute atomic E-state index is 12.3. The van der Waals surface area contributed by atoms with Gasteiger partial charge in [-0.25, -0.2) is 0 Å². The Balaban J connectivity index is 2.34. The summed E-state index contributed by atoms with van der Waals surface area (Å²) in [5.74, 6) is -0.234. The van der Waals surface area contributed by atoms with Gasteiger partial charge in [0, 0.05) is 22.8 Å². The minimum atomic E-state index is -0.693. The first-order chi connectivity index (χ1) is 8.81. The third-order valence-corrected chi connectivity index (χ3v) is 3.43. The molecule has 2 aromatic rings. The zero-order chi connectivity index (χ0) is 14.2. The van der Waals surface area contributed by atoms with Gasteiger partial charge in [-0.15, -0.1) is 0 Å². The van der Waals surface area contributed by atoms with Crippen molar-refractivity contribution in [2.24, 2.45) is 0 Å². The third kappa shape index (κ3) is 2.56. The van der Waals surface area contributed by atoms with Gasteiger partial charge >= 0.3 is 0 Å². The summed E-state index contributed by atoms with van der Waals surface area (Å²) in [6, 6.07) is 5.37. The van der Waals surface area contributed by atoms with Crippen molar-refractivity contribution in [3.63, 3.8) is 0 Å². The van der Waals surface area contributed by atoms with Crippen LogP contribution in [0.15, 0.2) is 24.4 Å². The Morgan fingerprint density at radius 2 is 2.16 bits per heavy atom. The van der Waals surface area contributed by atoms with Crippen LogP contribution >= 0.6 is 0 Å². The number of benzene rings is 1. The number of aromatic nitrogens is 1. The highest BCUT2D eigenvalue weighted by Gasteiger charge is 2.27. The standard InChI is InChI=1S/C14H19N3O2/c1-8(18)14(2,3)17-13(19)11-7-16-12-5-4-9(15)6-10(11)12/h4-8,16,18H,15H2,1-3H3,(H,17,19). The van der Waals surface area contributed by atoms with Crippen LogP contribution in [0.25, 0.3) is 10.9 Å². The zero-order valence-corrected chi connectivity index (χ0v) is 11.3. The van der Waals surface area contributed by atoms with E-state index in [1.54, 1.807) is 39.1 Å². The average Bonchev–Trinajstić information content (AvgIpc) is 2.70. The molecule has 1 unspecified atom stereocenters. The number of carbonyl (C=O) groups is 1. The molecule has 2 rings (SSSR count). The highest BCUT2D eigenvalue weighted by molar-refractivity contribution is 6.07. The molecule has 1 heterocycles. The van der Waals surface area contributed by atoms with Gasteiger partial charge in [0.25, 0.3) is 5.91 Å². The minimum Gasteiger partial charge on any atom is -0.399 e. The lowest BCUT2D eigenvalue weighted by Crippen LogP contribution is -2.50. The van der Waals surface area contributed by atoms with E-state index in [9.17, 15) is 9.90 Å². The van der Waals surface area contributed by atoms with Crippen molar-refractivity contribution < 1.29 is 9.90 Å². The highest BCUT2D eigenvalue weighted by Crippen LogP contribution is 2.21. The molecule has 1 aromatic heterocycles. The number of fused-ring (bicyclic) bond motifs is 1. The molecule has 0 saturated heterocycles. The summed E-state index contributed by atoms with van der Waals surface area (Å²) >= 11 is 0. The summed E-state index contributed by atoms with van der Waals surface area (Å²) in [5.41, 5.74) is 7.04. The third-order valence-electron chi connectivity index (χ3n) is 3.43. The zero-order valence-electron chi connectivity index (χ0n) is 11.3. The van der Waals surface area contributed by atoms with Gasteiger partial charge < -0.3 is 21.1 Å². The van der Waals surface area contributed by atoms with Gasteiger partial charge in [0.15, 0.2) is 0 Å². The summed E-state index contributed by atoms with van der Waals surface area (Å²) in [6.45, 7) is 5.20. The predicted octanol–water partition coefficient (Wildman–Crippen LogP) is 1.64. The van der Waals surface area contributed by atoms with Crippen LogP contribution in [0.2, 0.25) is 0 Å². The Bertz CT molecular complexity index is 614. The van der Waals surface area contributed by atoms with E-state index >= 15 is 0 Å². The number of aromatic amines is 1. The second-order valence-electron chi connectivity index (χ2n) is 5.36. The van der Waals surface area contributed by atoms with Gasteiger partial charge in [-0.2, -0.15) is 0 Å². The Labute approximate surface area is 111 Å². The summed E-state index contributed by atoms with van der Waals surface area (Å²) in [7, 11) is 0. The van der Waals surface area contributed by atoms with Crippen LogP contribution in [0.4, 0.5) is 5.69 Å². The average molecular weight is 261 g/mol. The normalized spacial score (nSPS) is 13.5. The predicted molar refractivity (Wildman–Crippen MR) is 75.9 cm³/mol. The molecule has 0 aliphatic carbocycles. The SMILES string of the molecule is CC(O)C(C)(C)NC(=O)c1c[nH]c2ccc(N)cc12. The Morgan fingerprint density at radius 3 is 2.79 bits per heavy atom. The first-order valence-electron chi connectivity index (χ1n) is 6.18. The molecule has 5 N–H and O–H groups in total. The van der Waals surface area contributed by atoms with Crippen LogP contribution in [0.1, 0.15) is 31.1 Å². The molecule has 0 spiro atoms. The smallest absolute Gasteiger partial charge is 0.253 e. The molecule has 1 amide bonds. The van der Waals surface area contributed by atoms with Gasteiger partial charge in [-0.1, -0.05) is 0 Å². The lowest BCUT2D eigenvalue weighted by Gasteiger charge is -2.29. The fourth-order valence-electron chi connectivity index (χ4n) is 1.79. The molecule has 19 heavy (non-hydrogen) atoms. The van der Waals surface area contributed by atoms with Crippen LogP contribution in [0.5, 0.6) is 0 Å². The molecule has 0 fully saturated rings. The molecule has 0 radical (unpaired) electrons. The van der Waals surface area contributed by atoms with E-state index in [4.69, 9.17) is 5.73 Å². The maximum atomic E-state index is 12.3. The molecule has 1 atom stereocenters. The van der Waals surface area contributed by atoms with Gasteiger partial charge in [-0.3, -0.25) is 4.79 Å². The van der Waals surface area contributed by atoms with E-state index < -0.39 is 11.6 Å². The van der Waals surface area contributed by atoms with Crippen molar-refractivity contribution >= 4 is 22.5 Å². The highest BCUT2D eigenvalue weighted by atomic mass is 16.3. The molecule has 5 nitrogen and oxygen atoms in total. The van der Waals surface area contributed by atoms with Crippen LogP contribution in [0, 0.1) is 0 Å². The largest absolute Gasteiger partial charge is 0.399 e. The lowest BCUT2D eigenvalue weighted by atomic mass is 9.98. The van der Waals surface area contributed by atoms with Crippen LogP contribution in [0.3, 0.4) is 0 Å². The van der Waals surface area contributed by atoms with Crippen molar-refractivity contribution in [2.45, 2.75) is 32.4 Å². The quantitative estimate of drug-likeness (QED) is 0.633. The van der Waals surface area contributed by atoms with E-state index in [0.717, 1.165) is 10.9 Å². The van der Waals surface area contributed by atoms with Crippen molar-refractivity contribution in [1.82, 2.24) is 10.3 Å². The molecular weight excluding hydrogens is 242 g/mol. The molecule has 0 aliphatic rings. The second-order valence-corrected chi connectivity index (χ2v) is 5.36. The Morgan fingerprint density at radius 1 is 1.47 bits per heavy atom. The van der Waals surface area contributed by atoms with Crippen molar-refractivity contribution in [2.75, 3.05) is 5.73 Å². The van der Waals surface area contributed by atoms with Crippen LogP contribution in [-0.2, 0) is 0 Å². The van der Waals surface area contributed by atoms with Crippen LogP contribution in [-0.4, -0.2) is 27.6 Å². The van der Waals surface area contributed by atoms with Gasteiger partial charge in [-0.05, 0) is 39.0 Å². The number of rotatable bonds is 3. The molecule has 5 heteroatoms. The molecule has 102 valence electrons. The summed E-state index contributed by atoms with van der Waals surface area (Å²) in [5, 5.41) is 13.2. The molecule has 0 saturated carbocycles. The number of nitrogens with two attached hydrogens (primary N) is 1. The van der Waals surface area contributed by atoms with E-state index in [-0.39, 0.29) is 5.91 Å². The number of nitrogen functional groups attached to an aromatic ring is 1. The molecule has 1 aromatic carbocycles. The van der Waals surface area contributed by atoms with Crippen molar-refractivity contribution in [3.05, 3.63) is 30.0 Å². The Kier molecular flexibility index (Phi) is 3.24. The second kappa shape index (κ2) is 4.59. The van der Waals surface area contributed by atoms with E-state index in [1.165, 1.54) is 0 Å². The number of aliphatic hydroxyl groups excluding tert-OH is 1. The lowest BCUT2D eigenvalue weighted by molar-refractivity contribution is 0.0711. The van der Waals surface area contributed by atoms with Crippen LogP contribution < -0.4 is 11.1 Å². The first kappa shape index (κ1) is 13.4. The number of carbonyl (C=O) groups excluding carboxylic acids is 1. The number of aliphatic hydroxyl groups is 1. The van der Waals surface area contributed by atoms with Gasteiger partial charge in [0.2, 0.25) is 0 Å². The van der Waals surface area contributed by atoms with Gasteiger partial charge in [0.05, 0.1) is 17.2 Å². The minimum absolute atomic E-state index is 0.234. The number of nitrogens with one attached hydrogen (secondary N) is 2.